The summed E-state index contributed by atoms with van der Waals surface area (Å²) in [5.41, 5.74) is 0. The van der Waals surface area contributed by atoms with Crippen LogP contribution in [0.15, 0.2) is 60.8 Å². The van der Waals surface area contributed by atoms with E-state index in [2.05, 4.69) is 19.1 Å². The second-order valence-corrected chi connectivity index (χ2v) is 6.10. The predicted octanol–water partition coefficient (Wildman–Crippen LogP) is 4.71. The molecule has 0 aromatic carbocycles. The van der Waals surface area contributed by atoms with Crippen LogP contribution in [0.3, 0.4) is 0 Å². The molecule has 0 radical (unpaired) electrons. The predicted molar refractivity (Wildman–Crippen MR) is 108 cm³/mol. The molecule has 3 N–H and O–H groups in total. The molecule has 0 aliphatic heterocycles. The summed E-state index contributed by atoms with van der Waals surface area (Å²) in [6, 6.07) is 0. The Balaban J connectivity index is 3.81. The third kappa shape index (κ3) is 18.4. The molecule has 26 heavy (non-hydrogen) atoms. The SMILES string of the molecule is CC/C=C\C/C=C\C[C@H](O)\C=C/C=C/C=C/[C@H](O)CCCCCC(=O)O. The molecule has 0 rings (SSSR count). The van der Waals surface area contributed by atoms with Crippen molar-refractivity contribution in [2.45, 2.75) is 70.5 Å². The first-order valence-corrected chi connectivity index (χ1v) is 9.45. The summed E-state index contributed by atoms with van der Waals surface area (Å²) in [6.45, 7) is 2.10. The normalized spacial score (nSPS) is 15.2. The molecule has 0 saturated heterocycles. The van der Waals surface area contributed by atoms with Crippen molar-refractivity contribution in [1.29, 1.82) is 0 Å². The highest BCUT2D eigenvalue weighted by molar-refractivity contribution is 5.66. The molecule has 0 saturated carbocycles. The highest BCUT2D eigenvalue weighted by Crippen LogP contribution is 2.06. The lowest BCUT2D eigenvalue weighted by Crippen LogP contribution is -2.01. The molecule has 0 aromatic rings. The molecular formula is C22H34O4. The van der Waals surface area contributed by atoms with Crippen LogP contribution >= 0.6 is 0 Å². The summed E-state index contributed by atoms with van der Waals surface area (Å²) in [5.74, 6) is -0.770. The smallest absolute Gasteiger partial charge is 0.303 e. The number of hydrogen-bond donors (Lipinski definition) is 3. The lowest BCUT2D eigenvalue weighted by atomic mass is 10.1. The fourth-order valence-corrected chi connectivity index (χ4v) is 2.17. The van der Waals surface area contributed by atoms with Crippen LogP contribution in [-0.2, 0) is 4.79 Å². The van der Waals surface area contributed by atoms with Gasteiger partial charge in [-0.1, -0.05) is 80.5 Å². The van der Waals surface area contributed by atoms with Gasteiger partial charge in [0, 0.05) is 6.42 Å². The van der Waals surface area contributed by atoms with Gasteiger partial charge < -0.3 is 15.3 Å². The van der Waals surface area contributed by atoms with E-state index in [0.717, 1.165) is 25.7 Å². The van der Waals surface area contributed by atoms with E-state index >= 15 is 0 Å². The molecule has 0 aliphatic rings. The molecule has 2 atom stereocenters. The van der Waals surface area contributed by atoms with Crippen LogP contribution in [0.1, 0.15) is 58.3 Å². The van der Waals surface area contributed by atoms with Crippen molar-refractivity contribution in [2.75, 3.05) is 0 Å². The van der Waals surface area contributed by atoms with Crippen LogP contribution in [0.2, 0.25) is 0 Å². The van der Waals surface area contributed by atoms with Crippen molar-refractivity contribution < 1.29 is 20.1 Å². The third-order valence-corrected chi connectivity index (χ3v) is 3.61. The van der Waals surface area contributed by atoms with Crippen molar-refractivity contribution in [3.63, 3.8) is 0 Å². The molecule has 0 unspecified atom stereocenters. The molecule has 146 valence electrons. The molecule has 0 spiro atoms. The Hall–Kier alpha value is -1.91. The van der Waals surface area contributed by atoms with Gasteiger partial charge in [0.05, 0.1) is 12.2 Å². The lowest BCUT2D eigenvalue weighted by molar-refractivity contribution is -0.137. The van der Waals surface area contributed by atoms with Crippen molar-refractivity contribution in [1.82, 2.24) is 0 Å². The minimum Gasteiger partial charge on any atom is -0.481 e. The first-order valence-electron chi connectivity index (χ1n) is 9.45. The quantitative estimate of drug-likeness (QED) is 0.224. The van der Waals surface area contributed by atoms with E-state index in [1.807, 2.05) is 24.3 Å². The van der Waals surface area contributed by atoms with E-state index in [-0.39, 0.29) is 6.42 Å². The number of aliphatic hydroxyl groups is 2. The minimum atomic E-state index is -0.770. The maximum atomic E-state index is 10.4. The van der Waals surface area contributed by atoms with E-state index in [0.29, 0.717) is 19.3 Å². The zero-order chi connectivity index (χ0) is 19.5. The number of hydrogen-bond acceptors (Lipinski definition) is 3. The number of aliphatic hydroxyl groups excluding tert-OH is 2. The van der Waals surface area contributed by atoms with Gasteiger partial charge in [-0.05, 0) is 32.1 Å². The number of unbranched alkanes of at least 4 members (excludes halogenated alkanes) is 2. The molecule has 0 aromatic heterocycles. The average molecular weight is 363 g/mol. The van der Waals surface area contributed by atoms with Crippen molar-refractivity contribution in [3.8, 4) is 0 Å². The van der Waals surface area contributed by atoms with Crippen LogP contribution in [0.25, 0.3) is 0 Å². The van der Waals surface area contributed by atoms with Crippen LogP contribution in [-0.4, -0.2) is 33.5 Å². The summed E-state index contributed by atoms with van der Waals surface area (Å²) in [4.78, 5) is 10.4. The Bertz CT molecular complexity index is 486. The Labute approximate surface area is 157 Å². The van der Waals surface area contributed by atoms with Gasteiger partial charge in [0.2, 0.25) is 0 Å². The summed E-state index contributed by atoms with van der Waals surface area (Å²) in [6.07, 6.45) is 23.5. The Kier molecular flexibility index (Phi) is 16.6. The van der Waals surface area contributed by atoms with Gasteiger partial charge in [-0.3, -0.25) is 4.79 Å². The van der Waals surface area contributed by atoms with Crippen LogP contribution < -0.4 is 0 Å². The standard InChI is InChI=1S/C22H34O4/c1-2-3-4-5-6-10-15-20(23)16-11-7-8-12-17-21(24)18-13-9-14-19-22(25)26/h3-4,6-8,10-12,16-17,20-21,23-24H,2,5,9,13-15,18-19H2,1H3,(H,25,26)/b4-3-,8-7+,10-6-,16-11-,17-12+/t20-,21-/m0/s1. The summed E-state index contributed by atoms with van der Waals surface area (Å²) in [5, 5.41) is 28.1. The Morgan fingerprint density at radius 2 is 1.50 bits per heavy atom. The fraction of sp³-hybridized carbons (Fsp3) is 0.500. The summed E-state index contributed by atoms with van der Waals surface area (Å²) < 4.78 is 0. The number of aliphatic carboxylic acids is 1. The highest BCUT2D eigenvalue weighted by atomic mass is 16.4. The first-order chi connectivity index (χ1) is 12.6. The maximum absolute atomic E-state index is 10.4. The van der Waals surface area contributed by atoms with Gasteiger partial charge >= 0.3 is 5.97 Å². The monoisotopic (exact) mass is 362 g/mol. The molecule has 4 nitrogen and oxygen atoms in total. The molecule has 0 heterocycles. The van der Waals surface area contributed by atoms with Crippen LogP contribution in [0, 0.1) is 0 Å². The van der Waals surface area contributed by atoms with E-state index in [1.54, 1.807) is 24.3 Å². The minimum absolute atomic E-state index is 0.193. The van der Waals surface area contributed by atoms with Crippen molar-refractivity contribution >= 4 is 5.97 Å². The number of carboxylic acid groups (broad SMARTS) is 1. The number of carbonyl (C=O) groups is 1. The largest absolute Gasteiger partial charge is 0.481 e. The molecule has 0 bridgehead atoms. The van der Waals surface area contributed by atoms with E-state index in [1.165, 1.54) is 0 Å². The van der Waals surface area contributed by atoms with E-state index < -0.39 is 18.2 Å². The van der Waals surface area contributed by atoms with Gasteiger partial charge in [0.1, 0.15) is 0 Å². The zero-order valence-corrected chi connectivity index (χ0v) is 15.8. The van der Waals surface area contributed by atoms with E-state index in [4.69, 9.17) is 5.11 Å². The summed E-state index contributed by atoms with van der Waals surface area (Å²) >= 11 is 0. The highest BCUT2D eigenvalue weighted by Gasteiger charge is 2.00. The third-order valence-electron chi connectivity index (χ3n) is 3.61. The number of rotatable bonds is 15. The lowest BCUT2D eigenvalue weighted by Gasteiger charge is -2.03. The average Bonchev–Trinajstić information content (AvgIpc) is 2.60. The van der Waals surface area contributed by atoms with Gasteiger partial charge in [0.25, 0.3) is 0 Å². The van der Waals surface area contributed by atoms with Crippen molar-refractivity contribution in [2.24, 2.45) is 0 Å². The molecule has 0 fully saturated rings. The van der Waals surface area contributed by atoms with Gasteiger partial charge in [-0.25, -0.2) is 0 Å². The second-order valence-electron chi connectivity index (χ2n) is 6.10. The molecule has 0 amide bonds. The Morgan fingerprint density at radius 1 is 0.846 bits per heavy atom. The number of carboxylic acids is 1. The summed E-state index contributed by atoms with van der Waals surface area (Å²) in [7, 11) is 0. The second kappa shape index (κ2) is 17.9. The van der Waals surface area contributed by atoms with E-state index in [9.17, 15) is 15.0 Å². The molecule has 0 aliphatic carbocycles. The van der Waals surface area contributed by atoms with Gasteiger partial charge in [-0.2, -0.15) is 0 Å². The van der Waals surface area contributed by atoms with Crippen LogP contribution in [0.5, 0.6) is 0 Å². The fourth-order valence-electron chi connectivity index (χ4n) is 2.17. The molecule has 4 heteroatoms. The van der Waals surface area contributed by atoms with Gasteiger partial charge in [0.15, 0.2) is 0 Å². The van der Waals surface area contributed by atoms with Crippen LogP contribution in [0.4, 0.5) is 0 Å². The first kappa shape index (κ1) is 24.1. The maximum Gasteiger partial charge on any atom is 0.303 e. The number of allylic oxidation sites excluding steroid dienone is 7. The van der Waals surface area contributed by atoms with Crippen molar-refractivity contribution in [3.05, 3.63) is 60.8 Å². The Morgan fingerprint density at radius 3 is 2.15 bits per heavy atom. The topological polar surface area (TPSA) is 77.8 Å². The van der Waals surface area contributed by atoms with Gasteiger partial charge in [-0.15, -0.1) is 0 Å². The molecular weight excluding hydrogens is 328 g/mol. The zero-order valence-electron chi connectivity index (χ0n) is 15.8.